The molecule has 0 radical (unpaired) electrons. The van der Waals surface area contributed by atoms with Gasteiger partial charge in [0.15, 0.2) is 0 Å². The van der Waals surface area contributed by atoms with Gasteiger partial charge in [-0.25, -0.2) is 10.2 Å². The highest BCUT2D eigenvalue weighted by Gasteiger charge is 2.13. The summed E-state index contributed by atoms with van der Waals surface area (Å²) in [5.41, 5.74) is 3.62. The predicted molar refractivity (Wildman–Crippen MR) is 68.0 cm³/mol. The minimum absolute atomic E-state index is 0.391. The molecule has 0 fully saturated rings. The van der Waals surface area contributed by atoms with Gasteiger partial charge in [0.1, 0.15) is 0 Å². The maximum absolute atomic E-state index is 11.4. The maximum Gasteiger partial charge on any atom is 0.426 e. The second-order valence-electron chi connectivity index (χ2n) is 5.08. The molecule has 4 nitrogen and oxygen atoms in total. The molecule has 1 heterocycles. The zero-order valence-corrected chi connectivity index (χ0v) is 11.4. The van der Waals surface area contributed by atoms with Crippen LogP contribution in [0, 0.1) is 6.92 Å². The van der Waals surface area contributed by atoms with Crippen LogP contribution in [0.3, 0.4) is 0 Å². The normalized spacial score (nSPS) is 11.2. The van der Waals surface area contributed by atoms with Crippen molar-refractivity contribution in [1.82, 2.24) is 4.68 Å². The molecule has 1 N–H and O–H groups in total. The molecular formula is C11H20N2O2Si. The van der Waals surface area contributed by atoms with Crippen molar-refractivity contribution in [3.8, 4) is 0 Å². The van der Waals surface area contributed by atoms with Gasteiger partial charge in [0, 0.05) is 20.0 Å². The maximum atomic E-state index is 11.4. The molecule has 5 heteroatoms. The van der Waals surface area contributed by atoms with Gasteiger partial charge in [-0.05, 0) is 25.1 Å². The van der Waals surface area contributed by atoms with Crippen LogP contribution in [0.1, 0.15) is 5.69 Å². The van der Waals surface area contributed by atoms with Gasteiger partial charge in [0.25, 0.3) is 0 Å². The van der Waals surface area contributed by atoms with E-state index in [2.05, 4.69) is 25.1 Å². The second kappa shape index (κ2) is 5.20. The number of nitrogens with one attached hydrogen (secondary N) is 1. The summed E-state index contributed by atoms with van der Waals surface area (Å²) in [7, 11) is -1.13. The molecule has 1 amide bonds. The van der Waals surface area contributed by atoms with Crippen LogP contribution in [0.5, 0.6) is 0 Å². The highest BCUT2D eigenvalue weighted by atomic mass is 28.3. The van der Waals surface area contributed by atoms with Crippen molar-refractivity contribution in [2.75, 3.05) is 12.0 Å². The second-order valence-corrected chi connectivity index (χ2v) is 10.7. The Morgan fingerprint density at radius 1 is 1.50 bits per heavy atom. The van der Waals surface area contributed by atoms with E-state index in [9.17, 15) is 4.79 Å². The van der Waals surface area contributed by atoms with E-state index in [1.807, 2.05) is 19.1 Å². The molecule has 0 unspecified atom stereocenters. The van der Waals surface area contributed by atoms with Crippen molar-refractivity contribution in [1.29, 1.82) is 0 Å². The van der Waals surface area contributed by atoms with Crippen molar-refractivity contribution in [2.24, 2.45) is 0 Å². The van der Waals surface area contributed by atoms with Gasteiger partial charge >= 0.3 is 6.09 Å². The van der Waals surface area contributed by atoms with Crippen LogP contribution in [0.2, 0.25) is 25.7 Å². The molecule has 1 rings (SSSR count). The largest absolute Gasteiger partial charge is 0.449 e. The average molecular weight is 240 g/mol. The van der Waals surface area contributed by atoms with Crippen molar-refractivity contribution < 1.29 is 9.53 Å². The fourth-order valence-corrected chi connectivity index (χ4v) is 1.89. The molecule has 1 aromatic heterocycles. The number of hydrogen-bond donors (Lipinski definition) is 1. The Bertz CT molecular complexity index is 355. The molecule has 0 atom stereocenters. The summed E-state index contributed by atoms with van der Waals surface area (Å²) < 4.78 is 6.76. The summed E-state index contributed by atoms with van der Waals surface area (Å²) >= 11 is 0. The summed E-state index contributed by atoms with van der Waals surface area (Å²) in [6.45, 7) is 9.18. The van der Waals surface area contributed by atoms with Gasteiger partial charge in [0.05, 0.1) is 6.61 Å². The minimum atomic E-state index is -1.13. The van der Waals surface area contributed by atoms with Gasteiger partial charge in [-0.2, -0.15) is 0 Å². The van der Waals surface area contributed by atoms with E-state index in [-0.39, 0.29) is 0 Å². The van der Waals surface area contributed by atoms with Crippen molar-refractivity contribution in [2.45, 2.75) is 32.6 Å². The SMILES string of the molecule is Cc1cccn1NC(=O)OCC[Si](C)(C)C. The first kappa shape index (κ1) is 12.8. The van der Waals surface area contributed by atoms with Crippen LogP contribution < -0.4 is 5.43 Å². The van der Waals surface area contributed by atoms with E-state index in [4.69, 9.17) is 4.74 Å². The quantitative estimate of drug-likeness (QED) is 0.822. The lowest BCUT2D eigenvalue weighted by Gasteiger charge is -2.15. The predicted octanol–water partition coefficient (Wildman–Crippen LogP) is 2.81. The fraction of sp³-hybridized carbons (Fsp3) is 0.545. The Balaban J connectivity index is 2.30. The molecule has 0 aliphatic rings. The van der Waals surface area contributed by atoms with E-state index in [1.54, 1.807) is 10.9 Å². The van der Waals surface area contributed by atoms with E-state index >= 15 is 0 Å². The van der Waals surface area contributed by atoms with E-state index in [0.29, 0.717) is 6.61 Å². The summed E-state index contributed by atoms with van der Waals surface area (Å²) in [6, 6.07) is 4.78. The minimum Gasteiger partial charge on any atom is -0.449 e. The number of carbonyl (C=O) groups excluding carboxylic acids is 1. The third-order valence-corrected chi connectivity index (χ3v) is 3.95. The molecule has 90 valence electrons. The smallest absolute Gasteiger partial charge is 0.426 e. The van der Waals surface area contributed by atoms with Crippen molar-refractivity contribution >= 4 is 14.2 Å². The standard InChI is InChI=1S/C11H20N2O2Si/c1-10-6-5-7-13(10)12-11(14)15-8-9-16(2,3)4/h5-7H,8-9H2,1-4H3,(H,12,14). The first-order valence-corrected chi connectivity index (χ1v) is 9.17. The molecule has 0 aromatic carbocycles. The first-order valence-electron chi connectivity index (χ1n) is 5.46. The molecule has 1 aromatic rings. The molecule has 0 spiro atoms. The molecule has 16 heavy (non-hydrogen) atoms. The number of carbonyl (C=O) groups is 1. The van der Waals surface area contributed by atoms with E-state index < -0.39 is 14.2 Å². The molecule has 0 aliphatic carbocycles. The van der Waals surface area contributed by atoms with Gasteiger partial charge in [0.2, 0.25) is 0 Å². The lowest BCUT2D eigenvalue weighted by Crippen LogP contribution is -2.27. The monoisotopic (exact) mass is 240 g/mol. The van der Waals surface area contributed by atoms with Crippen LogP contribution in [-0.2, 0) is 4.74 Å². The zero-order chi connectivity index (χ0) is 12.2. The van der Waals surface area contributed by atoms with Crippen LogP contribution in [0.15, 0.2) is 18.3 Å². The number of aromatic nitrogens is 1. The first-order chi connectivity index (χ1) is 7.38. The van der Waals surface area contributed by atoms with Crippen LogP contribution in [0.25, 0.3) is 0 Å². The summed E-state index contributed by atoms with van der Waals surface area (Å²) in [5.74, 6) is 0. The molecule has 0 saturated heterocycles. The number of rotatable bonds is 4. The lowest BCUT2D eigenvalue weighted by molar-refractivity contribution is 0.164. The fourth-order valence-electron chi connectivity index (χ4n) is 1.17. The van der Waals surface area contributed by atoms with Gasteiger partial charge in [-0.15, -0.1) is 0 Å². The lowest BCUT2D eigenvalue weighted by atomic mass is 10.5. The Kier molecular flexibility index (Phi) is 4.17. The van der Waals surface area contributed by atoms with Crippen molar-refractivity contribution in [3.05, 3.63) is 24.0 Å². The summed E-state index contributed by atoms with van der Waals surface area (Å²) in [4.78, 5) is 11.4. The number of aryl methyl sites for hydroxylation is 1. The third-order valence-electron chi connectivity index (χ3n) is 2.25. The Hall–Kier alpha value is -1.23. The molecule has 0 saturated carbocycles. The van der Waals surface area contributed by atoms with Crippen molar-refractivity contribution in [3.63, 3.8) is 0 Å². The van der Waals surface area contributed by atoms with Gasteiger partial charge in [-0.1, -0.05) is 19.6 Å². The highest BCUT2D eigenvalue weighted by Crippen LogP contribution is 2.07. The van der Waals surface area contributed by atoms with E-state index in [1.165, 1.54) is 0 Å². The topological polar surface area (TPSA) is 43.3 Å². The average Bonchev–Trinajstić information content (AvgIpc) is 2.49. The number of ether oxygens (including phenoxy) is 1. The number of amides is 1. The van der Waals surface area contributed by atoms with E-state index in [0.717, 1.165) is 11.7 Å². The molecular weight excluding hydrogens is 220 g/mol. The number of nitrogens with zero attached hydrogens (tertiary/aromatic N) is 1. The zero-order valence-electron chi connectivity index (χ0n) is 10.4. The Labute approximate surface area is 97.6 Å². The van der Waals surface area contributed by atoms with Crippen LogP contribution in [0.4, 0.5) is 4.79 Å². The Morgan fingerprint density at radius 3 is 2.69 bits per heavy atom. The Morgan fingerprint density at radius 2 is 2.19 bits per heavy atom. The van der Waals surface area contributed by atoms with Crippen LogP contribution >= 0.6 is 0 Å². The van der Waals surface area contributed by atoms with Gasteiger partial charge < -0.3 is 4.74 Å². The summed E-state index contributed by atoms with van der Waals surface area (Å²) in [6.07, 6.45) is 1.40. The third kappa shape index (κ3) is 4.52. The van der Waals surface area contributed by atoms with Gasteiger partial charge in [-0.3, -0.25) is 4.68 Å². The highest BCUT2D eigenvalue weighted by molar-refractivity contribution is 6.76. The summed E-state index contributed by atoms with van der Waals surface area (Å²) in [5, 5.41) is 0. The molecule has 0 bridgehead atoms. The number of hydrogen-bond acceptors (Lipinski definition) is 2. The van der Waals surface area contributed by atoms with Crippen LogP contribution in [-0.4, -0.2) is 25.5 Å². The molecule has 0 aliphatic heterocycles.